The molecule has 0 saturated carbocycles. The first-order chi connectivity index (χ1) is 9.01. The molecule has 3 heteroatoms. The fourth-order valence-corrected chi connectivity index (χ4v) is 2.74. The molecule has 0 aliphatic rings. The van der Waals surface area contributed by atoms with E-state index in [0.29, 0.717) is 5.92 Å². The van der Waals surface area contributed by atoms with Crippen LogP contribution in [0.1, 0.15) is 45.7 Å². The van der Waals surface area contributed by atoms with Crippen molar-refractivity contribution in [1.29, 1.82) is 0 Å². The number of hydrogen-bond donors (Lipinski definition) is 1. The van der Waals surface area contributed by atoms with Gasteiger partial charge in [-0.05, 0) is 31.0 Å². The molecule has 0 spiro atoms. The van der Waals surface area contributed by atoms with Crippen molar-refractivity contribution in [2.75, 3.05) is 13.1 Å². The fraction of sp³-hybridized carbons (Fsp3) is 0.625. The second kappa shape index (κ2) is 7.88. The van der Waals surface area contributed by atoms with Crippen LogP contribution < -0.4 is 5.73 Å². The number of benzene rings is 1. The minimum absolute atomic E-state index is 0.0592. The average molecular weight is 283 g/mol. The Bertz CT molecular complexity index is 379. The van der Waals surface area contributed by atoms with Gasteiger partial charge in [0.1, 0.15) is 0 Å². The summed E-state index contributed by atoms with van der Waals surface area (Å²) in [7, 11) is 0. The van der Waals surface area contributed by atoms with Crippen molar-refractivity contribution in [3.63, 3.8) is 0 Å². The molecule has 3 atom stereocenters. The van der Waals surface area contributed by atoms with Crippen LogP contribution in [0.15, 0.2) is 24.3 Å². The van der Waals surface area contributed by atoms with Gasteiger partial charge in [0.05, 0.1) is 6.04 Å². The van der Waals surface area contributed by atoms with Crippen LogP contribution in [-0.4, -0.2) is 24.0 Å². The zero-order chi connectivity index (χ0) is 14.4. The van der Waals surface area contributed by atoms with Crippen molar-refractivity contribution in [3.8, 4) is 0 Å². The Balaban J connectivity index is 3.02. The predicted octanol–water partition coefficient (Wildman–Crippen LogP) is 4.10. The van der Waals surface area contributed by atoms with Gasteiger partial charge >= 0.3 is 0 Å². The van der Waals surface area contributed by atoms with Gasteiger partial charge in [0.25, 0.3) is 0 Å². The van der Waals surface area contributed by atoms with Crippen LogP contribution in [0.4, 0.5) is 0 Å². The third-order valence-electron chi connectivity index (χ3n) is 3.76. The van der Waals surface area contributed by atoms with Crippen LogP contribution >= 0.6 is 11.6 Å². The SMILES string of the molecule is CCC(C)CN(CC)C(c1ccccc1Cl)C(C)N. The topological polar surface area (TPSA) is 29.3 Å². The number of hydrogen-bond acceptors (Lipinski definition) is 2. The summed E-state index contributed by atoms with van der Waals surface area (Å²) < 4.78 is 0. The van der Waals surface area contributed by atoms with Crippen molar-refractivity contribution in [1.82, 2.24) is 4.90 Å². The molecule has 2 N–H and O–H groups in total. The molecule has 1 rings (SSSR count). The molecule has 0 saturated heterocycles. The van der Waals surface area contributed by atoms with E-state index in [4.69, 9.17) is 17.3 Å². The number of nitrogens with two attached hydrogens (primary N) is 1. The molecular formula is C16H27ClN2. The smallest absolute Gasteiger partial charge is 0.0511 e. The van der Waals surface area contributed by atoms with Gasteiger partial charge in [0.15, 0.2) is 0 Å². The summed E-state index contributed by atoms with van der Waals surface area (Å²) in [5.74, 6) is 0.670. The zero-order valence-electron chi connectivity index (χ0n) is 12.6. The third-order valence-corrected chi connectivity index (χ3v) is 4.11. The maximum atomic E-state index is 6.35. The maximum Gasteiger partial charge on any atom is 0.0511 e. The van der Waals surface area contributed by atoms with Gasteiger partial charge in [0, 0.05) is 17.6 Å². The molecule has 0 heterocycles. The van der Waals surface area contributed by atoms with Gasteiger partial charge < -0.3 is 5.73 Å². The Morgan fingerprint density at radius 1 is 1.21 bits per heavy atom. The lowest BCUT2D eigenvalue weighted by Gasteiger charge is -2.36. The number of nitrogens with zero attached hydrogens (tertiary/aromatic N) is 1. The Labute approximate surface area is 122 Å². The lowest BCUT2D eigenvalue weighted by Crippen LogP contribution is -2.41. The quantitative estimate of drug-likeness (QED) is 0.816. The van der Waals surface area contributed by atoms with E-state index in [1.54, 1.807) is 0 Å². The van der Waals surface area contributed by atoms with Crippen molar-refractivity contribution in [2.45, 2.75) is 46.2 Å². The summed E-state index contributed by atoms with van der Waals surface area (Å²) in [6.07, 6.45) is 1.19. The van der Waals surface area contributed by atoms with E-state index in [0.717, 1.165) is 23.7 Å². The molecule has 0 aromatic heterocycles. The highest BCUT2D eigenvalue weighted by Crippen LogP contribution is 2.30. The number of rotatable bonds is 7. The minimum Gasteiger partial charge on any atom is -0.326 e. The monoisotopic (exact) mass is 282 g/mol. The van der Waals surface area contributed by atoms with Crippen LogP contribution in [0.2, 0.25) is 5.02 Å². The predicted molar refractivity (Wildman–Crippen MR) is 84.5 cm³/mol. The molecule has 3 unspecified atom stereocenters. The first-order valence-corrected chi connectivity index (χ1v) is 7.63. The van der Waals surface area contributed by atoms with E-state index >= 15 is 0 Å². The largest absolute Gasteiger partial charge is 0.326 e. The summed E-state index contributed by atoms with van der Waals surface area (Å²) in [5.41, 5.74) is 7.37. The number of halogens is 1. The first kappa shape index (κ1) is 16.5. The first-order valence-electron chi connectivity index (χ1n) is 7.25. The Morgan fingerprint density at radius 3 is 2.32 bits per heavy atom. The van der Waals surface area contributed by atoms with Gasteiger partial charge in [-0.15, -0.1) is 0 Å². The van der Waals surface area contributed by atoms with Crippen molar-refractivity contribution in [3.05, 3.63) is 34.9 Å². The van der Waals surface area contributed by atoms with Crippen LogP contribution in [0.3, 0.4) is 0 Å². The standard InChI is InChI=1S/C16H27ClN2/c1-5-12(3)11-19(6-2)16(13(4)18)14-9-7-8-10-15(14)17/h7-10,12-13,16H,5-6,11,18H2,1-4H3. The van der Waals surface area contributed by atoms with Gasteiger partial charge in [0.2, 0.25) is 0 Å². The van der Waals surface area contributed by atoms with Crippen molar-refractivity contribution >= 4 is 11.6 Å². The van der Waals surface area contributed by atoms with Gasteiger partial charge in [-0.2, -0.15) is 0 Å². The fourth-order valence-electron chi connectivity index (χ4n) is 2.50. The molecule has 19 heavy (non-hydrogen) atoms. The van der Waals surface area contributed by atoms with Crippen LogP contribution in [-0.2, 0) is 0 Å². The van der Waals surface area contributed by atoms with E-state index in [9.17, 15) is 0 Å². The summed E-state index contributed by atoms with van der Waals surface area (Å²) in [6, 6.07) is 8.29. The molecule has 0 bridgehead atoms. The lowest BCUT2D eigenvalue weighted by molar-refractivity contribution is 0.160. The molecule has 0 amide bonds. The average Bonchev–Trinajstić information content (AvgIpc) is 2.39. The van der Waals surface area contributed by atoms with E-state index in [1.165, 1.54) is 6.42 Å². The Morgan fingerprint density at radius 2 is 1.84 bits per heavy atom. The third kappa shape index (κ3) is 4.48. The summed E-state index contributed by atoms with van der Waals surface area (Å²) in [6.45, 7) is 10.8. The van der Waals surface area contributed by atoms with Gasteiger partial charge in [-0.1, -0.05) is 57.0 Å². The molecular weight excluding hydrogens is 256 g/mol. The molecule has 2 nitrogen and oxygen atoms in total. The van der Waals surface area contributed by atoms with Gasteiger partial charge in [-0.25, -0.2) is 0 Å². The molecule has 108 valence electrons. The molecule has 0 radical (unpaired) electrons. The number of likely N-dealkylation sites (N-methyl/N-ethyl adjacent to an activating group) is 1. The summed E-state index contributed by atoms with van der Waals surface area (Å²) in [4.78, 5) is 2.44. The zero-order valence-corrected chi connectivity index (χ0v) is 13.3. The molecule has 0 aliphatic heterocycles. The van der Waals surface area contributed by atoms with E-state index in [1.807, 2.05) is 18.2 Å². The van der Waals surface area contributed by atoms with Crippen molar-refractivity contribution < 1.29 is 0 Å². The molecule has 0 aliphatic carbocycles. The van der Waals surface area contributed by atoms with Gasteiger partial charge in [-0.3, -0.25) is 4.90 Å². The summed E-state index contributed by atoms with van der Waals surface area (Å²) >= 11 is 6.35. The maximum absolute atomic E-state index is 6.35. The Hall–Kier alpha value is -0.570. The van der Waals surface area contributed by atoms with E-state index in [-0.39, 0.29) is 12.1 Å². The highest BCUT2D eigenvalue weighted by Gasteiger charge is 2.25. The normalized spacial score (nSPS) is 16.4. The second-order valence-corrected chi connectivity index (χ2v) is 5.83. The molecule has 0 fully saturated rings. The highest BCUT2D eigenvalue weighted by atomic mass is 35.5. The van der Waals surface area contributed by atoms with Crippen LogP contribution in [0.5, 0.6) is 0 Å². The van der Waals surface area contributed by atoms with Crippen LogP contribution in [0, 0.1) is 5.92 Å². The minimum atomic E-state index is 0.0592. The van der Waals surface area contributed by atoms with E-state index in [2.05, 4.69) is 38.7 Å². The molecule has 1 aromatic rings. The lowest BCUT2D eigenvalue weighted by atomic mass is 9.97. The highest BCUT2D eigenvalue weighted by molar-refractivity contribution is 6.31. The summed E-state index contributed by atoms with van der Waals surface area (Å²) in [5, 5.41) is 0.812. The molecule has 1 aromatic carbocycles. The van der Waals surface area contributed by atoms with Crippen molar-refractivity contribution in [2.24, 2.45) is 11.7 Å². The van der Waals surface area contributed by atoms with E-state index < -0.39 is 0 Å². The van der Waals surface area contributed by atoms with Crippen LogP contribution in [0.25, 0.3) is 0 Å². The Kier molecular flexibility index (Phi) is 6.84. The second-order valence-electron chi connectivity index (χ2n) is 5.43.